The zero-order valence-electron chi connectivity index (χ0n) is 11.1. The number of hydrogen-bond acceptors (Lipinski definition) is 4. The van der Waals surface area contributed by atoms with Crippen molar-refractivity contribution >= 4 is 6.09 Å². The third-order valence-corrected chi connectivity index (χ3v) is 2.67. The quantitative estimate of drug-likeness (QED) is 0.562. The lowest BCUT2D eigenvalue weighted by Crippen LogP contribution is -2.41. The van der Waals surface area contributed by atoms with Crippen molar-refractivity contribution in [2.75, 3.05) is 13.1 Å². The van der Waals surface area contributed by atoms with Crippen LogP contribution in [-0.4, -0.2) is 34.6 Å². The van der Waals surface area contributed by atoms with Gasteiger partial charge in [-0.15, -0.1) is 0 Å². The van der Waals surface area contributed by atoms with Crippen LogP contribution >= 0.6 is 0 Å². The van der Waals surface area contributed by atoms with E-state index in [-0.39, 0.29) is 12.0 Å². The predicted octanol–water partition coefficient (Wildman–Crippen LogP) is 2.42. The van der Waals surface area contributed by atoms with Crippen LogP contribution in [0.1, 0.15) is 33.6 Å². The van der Waals surface area contributed by atoms with E-state index in [0.717, 1.165) is 19.0 Å². The number of allylic oxidation sites excluding steroid dienone is 1. The summed E-state index contributed by atoms with van der Waals surface area (Å²) >= 11 is 0. The van der Waals surface area contributed by atoms with E-state index >= 15 is 0 Å². The van der Waals surface area contributed by atoms with Crippen molar-refractivity contribution in [1.82, 2.24) is 4.90 Å². The number of carbonyl (C=O) groups excluding carboxylic acids is 1. The Morgan fingerprint density at radius 1 is 1.39 bits per heavy atom. The zero-order chi connectivity index (χ0) is 13.8. The highest BCUT2D eigenvalue weighted by atomic mass is 16.6. The second-order valence-corrected chi connectivity index (χ2v) is 5.43. The predicted molar refractivity (Wildman–Crippen MR) is 66.7 cm³/mol. The average molecular weight is 256 g/mol. The number of piperidine rings is 1. The van der Waals surface area contributed by atoms with Gasteiger partial charge in [0, 0.05) is 13.1 Å². The van der Waals surface area contributed by atoms with Crippen LogP contribution in [-0.2, 0) is 4.74 Å². The first kappa shape index (κ1) is 14.5. The largest absolute Gasteiger partial charge is 0.444 e. The third-order valence-electron chi connectivity index (χ3n) is 2.67. The molecular formula is C12H20N2O4. The summed E-state index contributed by atoms with van der Waals surface area (Å²) in [5.41, 5.74) is -0.487. The molecule has 1 heterocycles. The first-order chi connectivity index (χ1) is 8.28. The van der Waals surface area contributed by atoms with Gasteiger partial charge in [-0.1, -0.05) is 0 Å². The van der Waals surface area contributed by atoms with Crippen molar-refractivity contribution in [3.05, 3.63) is 22.4 Å². The van der Waals surface area contributed by atoms with Gasteiger partial charge in [0.25, 0.3) is 0 Å². The van der Waals surface area contributed by atoms with Gasteiger partial charge in [-0.3, -0.25) is 10.1 Å². The SMILES string of the molecule is CC(C)(C)OC(=O)N1CCC(/C=C/[N+](=O)[O-])CC1. The molecule has 0 bridgehead atoms. The molecule has 0 atom stereocenters. The van der Waals surface area contributed by atoms with Crippen LogP contribution in [0.2, 0.25) is 0 Å². The van der Waals surface area contributed by atoms with Crippen LogP contribution in [0.5, 0.6) is 0 Å². The summed E-state index contributed by atoms with van der Waals surface area (Å²) in [5, 5.41) is 10.2. The molecule has 0 aromatic carbocycles. The molecule has 0 unspecified atom stereocenters. The molecule has 18 heavy (non-hydrogen) atoms. The molecule has 0 radical (unpaired) electrons. The van der Waals surface area contributed by atoms with E-state index in [4.69, 9.17) is 4.74 Å². The number of nitro groups is 1. The lowest BCUT2D eigenvalue weighted by atomic mass is 9.97. The Balaban J connectivity index is 2.39. The number of hydrogen-bond donors (Lipinski definition) is 0. The van der Waals surface area contributed by atoms with Crippen molar-refractivity contribution in [2.45, 2.75) is 39.2 Å². The summed E-state index contributed by atoms with van der Waals surface area (Å²) < 4.78 is 5.27. The number of ether oxygens (including phenoxy) is 1. The fraction of sp³-hybridized carbons (Fsp3) is 0.750. The maximum absolute atomic E-state index is 11.8. The number of nitrogens with zero attached hydrogens (tertiary/aromatic N) is 2. The van der Waals surface area contributed by atoms with Gasteiger partial charge < -0.3 is 9.64 Å². The maximum atomic E-state index is 11.8. The van der Waals surface area contributed by atoms with Crippen LogP contribution in [0.15, 0.2) is 12.3 Å². The van der Waals surface area contributed by atoms with Gasteiger partial charge in [-0.2, -0.15) is 0 Å². The van der Waals surface area contributed by atoms with E-state index in [1.807, 2.05) is 20.8 Å². The van der Waals surface area contributed by atoms with Crippen molar-refractivity contribution in [3.8, 4) is 0 Å². The lowest BCUT2D eigenvalue weighted by Gasteiger charge is -2.32. The Morgan fingerprint density at radius 3 is 2.39 bits per heavy atom. The number of likely N-dealkylation sites (tertiary alicyclic amines) is 1. The van der Waals surface area contributed by atoms with Crippen LogP contribution in [0, 0.1) is 16.0 Å². The highest BCUT2D eigenvalue weighted by molar-refractivity contribution is 5.68. The van der Waals surface area contributed by atoms with E-state index in [2.05, 4.69) is 0 Å². The third kappa shape index (κ3) is 5.16. The minimum absolute atomic E-state index is 0.175. The molecular weight excluding hydrogens is 236 g/mol. The fourth-order valence-electron chi connectivity index (χ4n) is 1.79. The maximum Gasteiger partial charge on any atom is 0.410 e. The average Bonchev–Trinajstić information content (AvgIpc) is 2.24. The van der Waals surface area contributed by atoms with E-state index in [9.17, 15) is 14.9 Å². The molecule has 1 saturated heterocycles. The van der Waals surface area contributed by atoms with Gasteiger partial charge in [-0.05, 0) is 45.6 Å². The molecule has 6 heteroatoms. The number of carbonyl (C=O) groups is 1. The number of rotatable bonds is 2. The molecule has 102 valence electrons. The molecule has 1 fully saturated rings. The minimum atomic E-state index is -0.487. The van der Waals surface area contributed by atoms with Crippen LogP contribution in [0.4, 0.5) is 4.79 Å². The number of amides is 1. The normalized spacial score (nSPS) is 18.1. The highest BCUT2D eigenvalue weighted by Crippen LogP contribution is 2.20. The lowest BCUT2D eigenvalue weighted by molar-refractivity contribution is -0.402. The van der Waals surface area contributed by atoms with Crippen LogP contribution < -0.4 is 0 Å². The Bertz CT molecular complexity index is 338. The molecule has 0 saturated carbocycles. The molecule has 1 rings (SSSR count). The minimum Gasteiger partial charge on any atom is -0.444 e. The summed E-state index contributed by atoms with van der Waals surface area (Å²) in [5.74, 6) is 0.175. The summed E-state index contributed by atoms with van der Waals surface area (Å²) in [6, 6.07) is 0. The molecule has 0 aromatic rings. The van der Waals surface area contributed by atoms with Crippen molar-refractivity contribution in [1.29, 1.82) is 0 Å². The fourth-order valence-corrected chi connectivity index (χ4v) is 1.79. The summed E-state index contributed by atoms with van der Waals surface area (Å²) in [6.07, 6.45) is 3.76. The molecule has 0 spiro atoms. The van der Waals surface area contributed by atoms with Crippen molar-refractivity contribution in [3.63, 3.8) is 0 Å². The first-order valence-corrected chi connectivity index (χ1v) is 6.07. The van der Waals surface area contributed by atoms with Crippen LogP contribution in [0.25, 0.3) is 0 Å². The molecule has 1 amide bonds. The monoisotopic (exact) mass is 256 g/mol. The standard InChI is InChI=1S/C12H20N2O4/c1-12(2,3)18-11(15)13-7-4-10(5-8-13)6-9-14(16)17/h6,9-10H,4-5,7-8H2,1-3H3/b9-6+. The van der Waals surface area contributed by atoms with E-state index in [0.29, 0.717) is 13.1 Å². The Labute approximate surface area is 107 Å². The van der Waals surface area contributed by atoms with Crippen molar-refractivity contribution in [2.24, 2.45) is 5.92 Å². The summed E-state index contributed by atoms with van der Waals surface area (Å²) in [6.45, 7) is 6.66. The topological polar surface area (TPSA) is 72.7 Å². The van der Waals surface area contributed by atoms with Gasteiger partial charge >= 0.3 is 6.09 Å². The van der Waals surface area contributed by atoms with E-state index in [1.165, 1.54) is 0 Å². The first-order valence-electron chi connectivity index (χ1n) is 6.07. The second-order valence-electron chi connectivity index (χ2n) is 5.43. The molecule has 0 N–H and O–H groups in total. The van der Waals surface area contributed by atoms with Gasteiger partial charge in [0.05, 0.1) is 4.92 Å². The molecule has 6 nitrogen and oxygen atoms in total. The second kappa shape index (κ2) is 5.84. The highest BCUT2D eigenvalue weighted by Gasteiger charge is 2.26. The zero-order valence-corrected chi connectivity index (χ0v) is 11.1. The van der Waals surface area contributed by atoms with Gasteiger partial charge in [-0.25, -0.2) is 4.79 Å². The van der Waals surface area contributed by atoms with E-state index in [1.54, 1.807) is 11.0 Å². The molecule has 1 aliphatic rings. The summed E-state index contributed by atoms with van der Waals surface area (Å²) in [4.78, 5) is 23.2. The Morgan fingerprint density at radius 2 is 1.94 bits per heavy atom. The molecule has 0 aromatic heterocycles. The van der Waals surface area contributed by atoms with Gasteiger partial charge in [0.2, 0.25) is 6.20 Å². The van der Waals surface area contributed by atoms with E-state index < -0.39 is 10.5 Å². The van der Waals surface area contributed by atoms with Gasteiger partial charge in [0.15, 0.2) is 0 Å². The van der Waals surface area contributed by atoms with Crippen LogP contribution in [0.3, 0.4) is 0 Å². The molecule has 1 aliphatic heterocycles. The van der Waals surface area contributed by atoms with Crippen molar-refractivity contribution < 1.29 is 14.5 Å². The molecule has 0 aliphatic carbocycles. The van der Waals surface area contributed by atoms with Gasteiger partial charge in [0.1, 0.15) is 5.60 Å². The Kier molecular flexibility index (Phi) is 4.69. The summed E-state index contributed by atoms with van der Waals surface area (Å²) in [7, 11) is 0. The smallest absolute Gasteiger partial charge is 0.410 e. The Hall–Kier alpha value is -1.59.